The van der Waals surface area contributed by atoms with Crippen LogP contribution in [-0.4, -0.2) is 23.7 Å². The van der Waals surface area contributed by atoms with Crippen molar-refractivity contribution in [3.63, 3.8) is 0 Å². The van der Waals surface area contributed by atoms with E-state index in [9.17, 15) is 9.59 Å². The Morgan fingerprint density at radius 2 is 1.46 bits per heavy atom. The maximum Gasteiger partial charge on any atom is 0.305 e. The first-order valence-electron chi connectivity index (χ1n) is 11.8. The molecule has 0 aromatic heterocycles. The lowest BCUT2D eigenvalue weighted by Gasteiger charge is -2.18. The number of hydrogen-bond acceptors (Lipinski definition) is 3. The van der Waals surface area contributed by atoms with Crippen molar-refractivity contribution >= 4 is 11.9 Å². The van der Waals surface area contributed by atoms with Gasteiger partial charge >= 0.3 is 11.9 Å². The van der Waals surface area contributed by atoms with Crippen molar-refractivity contribution in [2.45, 2.75) is 118 Å². The van der Waals surface area contributed by atoms with Gasteiger partial charge < -0.3 is 9.84 Å². The van der Waals surface area contributed by atoms with Crippen LogP contribution in [0.3, 0.4) is 0 Å². The number of carbonyl (C=O) groups is 2. The molecule has 4 heteroatoms. The largest absolute Gasteiger partial charge is 0.481 e. The summed E-state index contributed by atoms with van der Waals surface area (Å²) in [4.78, 5) is 22.7. The molecule has 0 aliphatic carbocycles. The van der Waals surface area contributed by atoms with Crippen LogP contribution < -0.4 is 0 Å². The molecule has 0 rings (SSSR count). The first kappa shape index (κ1) is 26.9. The molecular weight excluding hydrogens is 352 g/mol. The predicted octanol–water partition coefficient (Wildman–Crippen LogP) is 7.00. The van der Waals surface area contributed by atoms with Gasteiger partial charge in [0.1, 0.15) is 0 Å². The van der Waals surface area contributed by atoms with Crippen molar-refractivity contribution in [2.75, 3.05) is 6.61 Å². The normalized spacial score (nSPS) is 13.5. The molecule has 0 fully saturated rings. The summed E-state index contributed by atoms with van der Waals surface area (Å²) in [5.74, 6) is 0.555. The second-order valence-electron chi connectivity index (χ2n) is 8.72. The summed E-state index contributed by atoms with van der Waals surface area (Å²) in [6.07, 6.45) is 14.4. The maximum atomic E-state index is 11.8. The van der Waals surface area contributed by atoms with Crippen LogP contribution in [0.2, 0.25) is 0 Å². The molecular formula is C24H46O4. The van der Waals surface area contributed by atoms with Crippen molar-refractivity contribution in [1.82, 2.24) is 0 Å². The SMILES string of the molecule is CCCCC(CC)COC(=O)CCCCCCCCCC(CC(=O)O)C(C)C. The zero-order chi connectivity index (χ0) is 21.2. The minimum absolute atomic E-state index is 0.0342. The third kappa shape index (κ3) is 15.9. The fourth-order valence-corrected chi connectivity index (χ4v) is 3.64. The number of ether oxygens (including phenoxy) is 1. The Kier molecular flexibility index (Phi) is 17.3. The molecule has 0 radical (unpaired) electrons. The Morgan fingerprint density at radius 1 is 0.857 bits per heavy atom. The topological polar surface area (TPSA) is 63.6 Å². The standard InChI is InChI=1S/C24H46O4/c1-5-7-15-21(6-2)19-28-24(27)17-14-12-10-8-9-11-13-16-22(20(3)4)18-23(25)26/h20-22H,5-19H2,1-4H3,(H,25,26). The number of rotatable bonds is 19. The van der Waals surface area contributed by atoms with E-state index >= 15 is 0 Å². The van der Waals surface area contributed by atoms with E-state index in [-0.39, 0.29) is 5.97 Å². The molecule has 4 nitrogen and oxygen atoms in total. The van der Waals surface area contributed by atoms with Crippen molar-refractivity contribution in [1.29, 1.82) is 0 Å². The van der Waals surface area contributed by atoms with Crippen LogP contribution in [0.15, 0.2) is 0 Å². The number of carbonyl (C=O) groups excluding carboxylic acids is 1. The van der Waals surface area contributed by atoms with Gasteiger partial charge in [0.25, 0.3) is 0 Å². The van der Waals surface area contributed by atoms with Gasteiger partial charge in [0, 0.05) is 12.8 Å². The molecule has 0 aliphatic rings. The second kappa shape index (κ2) is 18.0. The average molecular weight is 399 g/mol. The molecule has 2 unspecified atom stereocenters. The fraction of sp³-hybridized carbons (Fsp3) is 0.917. The Balaban J connectivity index is 3.58. The summed E-state index contributed by atoms with van der Waals surface area (Å²) in [6, 6.07) is 0. The van der Waals surface area contributed by atoms with Gasteiger partial charge in [0.15, 0.2) is 0 Å². The smallest absolute Gasteiger partial charge is 0.305 e. The summed E-state index contributed by atoms with van der Waals surface area (Å²) in [5.41, 5.74) is 0. The van der Waals surface area contributed by atoms with Gasteiger partial charge in [-0.05, 0) is 37.0 Å². The van der Waals surface area contributed by atoms with Crippen molar-refractivity contribution < 1.29 is 19.4 Å². The average Bonchev–Trinajstić information content (AvgIpc) is 2.65. The zero-order valence-electron chi connectivity index (χ0n) is 19.0. The Bertz CT molecular complexity index is 392. The highest BCUT2D eigenvalue weighted by molar-refractivity contribution is 5.69. The predicted molar refractivity (Wildman–Crippen MR) is 116 cm³/mol. The third-order valence-corrected chi connectivity index (χ3v) is 5.86. The number of carboxylic acids is 1. The summed E-state index contributed by atoms with van der Waals surface area (Å²) >= 11 is 0. The lowest BCUT2D eigenvalue weighted by atomic mass is 9.87. The van der Waals surface area contributed by atoms with E-state index in [1.54, 1.807) is 0 Å². The van der Waals surface area contributed by atoms with Crippen LogP contribution in [0.25, 0.3) is 0 Å². The van der Waals surface area contributed by atoms with Gasteiger partial charge in [0.2, 0.25) is 0 Å². The summed E-state index contributed by atoms with van der Waals surface area (Å²) in [7, 11) is 0. The molecule has 2 atom stereocenters. The van der Waals surface area contributed by atoms with Gasteiger partial charge in [-0.2, -0.15) is 0 Å². The molecule has 0 bridgehead atoms. The van der Waals surface area contributed by atoms with E-state index in [1.165, 1.54) is 38.5 Å². The minimum Gasteiger partial charge on any atom is -0.481 e. The van der Waals surface area contributed by atoms with Crippen molar-refractivity contribution in [3.05, 3.63) is 0 Å². The van der Waals surface area contributed by atoms with Crippen LogP contribution in [-0.2, 0) is 14.3 Å². The van der Waals surface area contributed by atoms with Crippen LogP contribution >= 0.6 is 0 Å². The van der Waals surface area contributed by atoms with Crippen molar-refractivity contribution in [3.8, 4) is 0 Å². The second-order valence-corrected chi connectivity index (χ2v) is 8.72. The van der Waals surface area contributed by atoms with Gasteiger partial charge in [-0.15, -0.1) is 0 Å². The van der Waals surface area contributed by atoms with E-state index in [0.717, 1.165) is 38.5 Å². The highest BCUT2D eigenvalue weighted by Crippen LogP contribution is 2.23. The van der Waals surface area contributed by atoms with Crippen LogP contribution in [0.5, 0.6) is 0 Å². The number of aliphatic carboxylic acids is 1. The highest BCUT2D eigenvalue weighted by Gasteiger charge is 2.16. The van der Waals surface area contributed by atoms with E-state index in [0.29, 0.717) is 37.2 Å². The highest BCUT2D eigenvalue weighted by atomic mass is 16.5. The molecule has 0 aromatic rings. The molecule has 0 heterocycles. The van der Waals surface area contributed by atoms with E-state index in [1.807, 2.05) is 0 Å². The molecule has 0 saturated carbocycles. The van der Waals surface area contributed by atoms with E-state index < -0.39 is 5.97 Å². The Morgan fingerprint density at radius 3 is 2.00 bits per heavy atom. The Hall–Kier alpha value is -1.06. The summed E-state index contributed by atoms with van der Waals surface area (Å²) < 4.78 is 5.44. The zero-order valence-corrected chi connectivity index (χ0v) is 19.0. The van der Waals surface area contributed by atoms with Gasteiger partial charge in [0.05, 0.1) is 6.61 Å². The first-order chi connectivity index (χ1) is 13.4. The molecule has 0 spiro atoms. The summed E-state index contributed by atoms with van der Waals surface area (Å²) in [5, 5.41) is 8.97. The van der Waals surface area contributed by atoms with Crippen molar-refractivity contribution in [2.24, 2.45) is 17.8 Å². The van der Waals surface area contributed by atoms with Gasteiger partial charge in [-0.25, -0.2) is 0 Å². The lowest BCUT2D eigenvalue weighted by Crippen LogP contribution is -2.13. The monoisotopic (exact) mass is 398 g/mol. The minimum atomic E-state index is -0.677. The molecule has 0 aromatic carbocycles. The third-order valence-electron chi connectivity index (χ3n) is 5.86. The molecule has 28 heavy (non-hydrogen) atoms. The van der Waals surface area contributed by atoms with Crippen LogP contribution in [0, 0.1) is 17.8 Å². The van der Waals surface area contributed by atoms with Crippen LogP contribution in [0.1, 0.15) is 118 Å². The van der Waals surface area contributed by atoms with E-state index in [4.69, 9.17) is 9.84 Å². The van der Waals surface area contributed by atoms with E-state index in [2.05, 4.69) is 27.7 Å². The van der Waals surface area contributed by atoms with Crippen LogP contribution in [0.4, 0.5) is 0 Å². The first-order valence-corrected chi connectivity index (χ1v) is 11.8. The Labute approximate surface area is 173 Å². The molecule has 1 N–H and O–H groups in total. The van der Waals surface area contributed by atoms with Gasteiger partial charge in [-0.1, -0.05) is 85.5 Å². The summed E-state index contributed by atoms with van der Waals surface area (Å²) in [6.45, 7) is 9.19. The van der Waals surface area contributed by atoms with Gasteiger partial charge in [-0.3, -0.25) is 9.59 Å². The maximum absolute atomic E-state index is 11.8. The molecule has 0 amide bonds. The number of esters is 1. The molecule has 166 valence electrons. The number of carboxylic acid groups (broad SMARTS) is 1. The lowest BCUT2D eigenvalue weighted by molar-refractivity contribution is -0.145. The molecule has 0 aliphatic heterocycles. The number of unbranched alkanes of at least 4 members (excludes halogenated alkanes) is 7. The quantitative estimate of drug-likeness (QED) is 0.188. The number of hydrogen-bond donors (Lipinski definition) is 1. The molecule has 0 saturated heterocycles. The fourth-order valence-electron chi connectivity index (χ4n) is 3.64.